The summed E-state index contributed by atoms with van der Waals surface area (Å²) in [6.07, 6.45) is 2.06. The molecule has 0 bridgehead atoms. The number of aryl methyl sites for hydroxylation is 2. The van der Waals surface area contributed by atoms with Crippen molar-refractivity contribution in [3.63, 3.8) is 0 Å². The van der Waals surface area contributed by atoms with E-state index in [1.54, 1.807) is 0 Å². The first-order chi connectivity index (χ1) is 17.8. The highest BCUT2D eigenvalue weighted by Gasteiger charge is 2.22. The number of nitro groups is 1. The van der Waals surface area contributed by atoms with Crippen LogP contribution in [-0.4, -0.2) is 51.2 Å². The number of aromatic nitrogens is 3. The molecule has 196 valence electrons. The fourth-order valence-electron chi connectivity index (χ4n) is 4.13. The molecule has 4 rings (SSSR count). The minimum atomic E-state index is -0.516. The maximum Gasteiger partial charge on any atom is 0.273 e. The SMILES string of the molecule is COc1cc([N+](=O)[O-])ccc1NC(=O)CSc1nnc(CNc2ccc(C)cc2C)n1CC1CCCO1. The van der Waals surface area contributed by atoms with Gasteiger partial charge in [0.2, 0.25) is 5.91 Å². The maximum absolute atomic E-state index is 12.7. The maximum atomic E-state index is 12.7. The summed E-state index contributed by atoms with van der Waals surface area (Å²) in [5.41, 5.74) is 3.63. The summed E-state index contributed by atoms with van der Waals surface area (Å²) in [7, 11) is 1.39. The molecule has 1 atom stereocenters. The minimum absolute atomic E-state index is 0.0772. The molecule has 1 unspecified atom stereocenters. The van der Waals surface area contributed by atoms with Gasteiger partial charge >= 0.3 is 0 Å². The summed E-state index contributed by atoms with van der Waals surface area (Å²) in [4.78, 5) is 23.2. The quantitative estimate of drug-likeness (QED) is 0.213. The van der Waals surface area contributed by atoms with Crippen molar-refractivity contribution in [1.82, 2.24) is 14.8 Å². The van der Waals surface area contributed by atoms with E-state index < -0.39 is 4.92 Å². The number of hydrogen-bond donors (Lipinski definition) is 2. The summed E-state index contributed by atoms with van der Waals surface area (Å²) in [6.45, 7) is 5.96. The Balaban J connectivity index is 1.44. The van der Waals surface area contributed by atoms with Crippen molar-refractivity contribution in [1.29, 1.82) is 0 Å². The third-order valence-corrected chi connectivity index (χ3v) is 6.99. The monoisotopic (exact) mass is 526 g/mol. The van der Waals surface area contributed by atoms with Crippen LogP contribution in [0.2, 0.25) is 0 Å². The summed E-state index contributed by atoms with van der Waals surface area (Å²) in [6, 6.07) is 10.3. The molecule has 2 N–H and O–H groups in total. The van der Waals surface area contributed by atoms with Crippen LogP contribution < -0.4 is 15.4 Å². The van der Waals surface area contributed by atoms with E-state index in [-0.39, 0.29) is 29.2 Å². The molecule has 1 aromatic heterocycles. The largest absolute Gasteiger partial charge is 0.494 e. The molecule has 3 aromatic rings. The Morgan fingerprint density at radius 3 is 2.76 bits per heavy atom. The van der Waals surface area contributed by atoms with Gasteiger partial charge in [0.1, 0.15) is 5.75 Å². The molecule has 0 aliphatic carbocycles. The number of carbonyl (C=O) groups excluding carboxylic acids is 1. The number of nitro benzene ring substituents is 1. The van der Waals surface area contributed by atoms with Crippen molar-refractivity contribution in [3.8, 4) is 5.75 Å². The smallest absolute Gasteiger partial charge is 0.273 e. The van der Waals surface area contributed by atoms with Gasteiger partial charge in [-0.05, 0) is 44.4 Å². The Bertz CT molecular complexity index is 1270. The molecule has 2 aromatic carbocycles. The van der Waals surface area contributed by atoms with Gasteiger partial charge in [-0.3, -0.25) is 14.9 Å². The minimum Gasteiger partial charge on any atom is -0.494 e. The number of amides is 1. The van der Waals surface area contributed by atoms with E-state index in [1.165, 1.54) is 42.6 Å². The number of anilines is 2. The highest BCUT2D eigenvalue weighted by Crippen LogP contribution is 2.29. The number of hydrogen-bond acceptors (Lipinski definition) is 9. The van der Waals surface area contributed by atoms with Crippen LogP contribution in [0.25, 0.3) is 0 Å². The van der Waals surface area contributed by atoms with Gasteiger partial charge in [-0.1, -0.05) is 29.5 Å². The van der Waals surface area contributed by atoms with Gasteiger partial charge in [0, 0.05) is 18.4 Å². The lowest BCUT2D eigenvalue weighted by atomic mass is 10.1. The first kappa shape index (κ1) is 26.4. The molecule has 1 aliphatic rings. The number of non-ortho nitro benzene ring substituents is 1. The predicted octanol–water partition coefficient (Wildman–Crippen LogP) is 4.33. The molecule has 11 nitrogen and oxygen atoms in total. The molecule has 0 spiro atoms. The Hall–Kier alpha value is -3.64. The van der Waals surface area contributed by atoms with Gasteiger partial charge in [-0.15, -0.1) is 10.2 Å². The summed E-state index contributed by atoms with van der Waals surface area (Å²) in [5.74, 6) is 0.761. The van der Waals surface area contributed by atoms with Gasteiger partial charge in [-0.25, -0.2) is 0 Å². The molecular formula is C25H30N6O5S. The number of nitrogens with zero attached hydrogens (tertiary/aromatic N) is 4. The first-order valence-corrected chi connectivity index (χ1v) is 12.9. The van der Waals surface area contributed by atoms with E-state index >= 15 is 0 Å². The van der Waals surface area contributed by atoms with Crippen molar-refractivity contribution in [2.24, 2.45) is 0 Å². The molecule has 0 saturated carbocycles. The van der Waals surface area contributed by atoms with E-state index in [4.69, 9.17) is 9.47 Å². The summed E-state index contributed by atoms with van der Waals surface area (Å²) in [5, 5.41) is 26.6. The van der Waals surface area contributed by atoms with Crippen LogP contribution in [0.15, 0.2) is 41.6 Å². The molecule has 1 aliphatic heterocycles. The van der Waals surface area contributed by atoms with Gasteiger partial charge in [0.25, 0.3) is 5.69 Å². The number of carbonyl (C=O) groups is 1. The Morgan fingerprint density at radius 1 is 1.24 bits per heavy atom. The second kappa shape index (κ2) is 12.1. The predicted molar refractivity (Wildman–Crippen MR) is 141 cm³/mol. The van der Waals surface area contributed by atoms with Crippen LogP contribution in [0.3, 0.4) is 0 Å². The highest BCUT2D eigenvalue weighted by molar-refractivity contribution is 7.99. The van der Waals surface area contributed by atoms with Crippen molar-refractivity contribution >= 4 is 34.7 Å². The van der Waals surface area contributed by atoms with E-state index in [1.807, 2.05) is 4.57 Å². The van der Waals surface area contributed by atoms with Crippen molar-refractivity contribution in [2.45, 2.75) is 51.0 Å². The number of methoxy groups -OCH3 is 1. The van der Waals surface area contributed by atoms with E-state index in [9.17, 15) is 14.9 Å². The molecule has 1 amide bonds. The fourth-order valence-corrected chi connectivity index (χ4v) is 4.90. The number of ether oxygens (including phenoxy) is 2. The van der Waals surface area contributed by atoms with Crippen LogP contribution in [0, 0.1) is 24.0 Å². The Kier molecular flexibility index (Phi) is 8.62. The average molecular weight is 527 g/mol. The Labute approximate surface area is 219 Å². The number of thioether (sulfide) groups is 1. The van der Waals surface area contributed by atoms with Crippen LogP contribution in [0.4, 0.5) is 17.1 Å². The third-order valence-electron chi connectivity index (χ3n) is 6.02. The molecular weight excluding hydrogens is 496 g/mol. The van der Waals surface area contributed by atoms with Gasteiger partial charge in [0.15, 0.2) is 11.0 Å². The van der Waals surface area contributed by atoms with E-state index in [0.29, 0.717) is 23.9 Å². The standard InChI is InChI=1S/C25H30N6O5S/c1-16-6-8-20(17(2)11-16)26-13-23-28-29-25(30(23)14-19-5-4-10-36-19)37-15-24(32)27-21-9-7-18(31(33)34)12-22(21)35-3/h6-9,11-12,19,26H,4-5,10,13-15H2,1-3H3,(H,27,32). The van der Waals surface area contributed by atoms with E-state index in [2.05, 4.69) is 52.9 Å². The zero-order chi connectivity index (χ0) is 26.4. The Morgan fingerprint density at radius 2 is 2.05 bits per heavy atom. The fraction of sp³-hybridized carbons (Fsp3) is 0.400. The molecule has 0 radical (unpaired) electrons. The molecule has 1 fully saturated rings. The zero-order valence-corrected chi connectivity index (χ0v) is 21.8. The second-order valence-electron chi connectivity index (χ2n) is 8.79. The molecule has 1 saturated heterocycles. The van der Waals surface area contributed by atoms with Crippen molar-refractivity contribution in [3.05, 3.63) is 63.5 Å². The number of nitrogens with one attached hydrogen (secondary N) is 2. The number of benzene rings is 2. The lowest BCUT2D eigenvalue weighted by molar-refractivity contribution is -0.384. The summed E-state index contributed by atoms with van der Waals surface area (Å²) >= 11 is 1.27. The van der Waals surface area contributed by atoms with Crippen molar-refractivity contribution < 1.29 is 19.2 Å². The summed E-state index contributed by atoms with van der Waals surface area (Å²) < 4.78 is 13.1. The lowest BCUT2D eigenvalue weighted by Gasteiger charge is -2.16. The lowest BCUT2D eigenvalue weighted by Crippen LogP contribution is -2.20. The highest BCUT2D eigenvalue weighted by atomic mass is 32.2. The van der Waals surface area contributed by atoms with Crippen LogP contribution in [0.5, 0.6) is 5.75 Å². The van der Waals surface area contributed by atoms with Crippen LogP contribution in [0.1, 0.15) is 29.8 Å². The number of rotatable bonds is 11. The van der Waals surface area contributed by atoms with Crippen molar-refractivity contribution in [2.75, 3.05) is 30.1 Å². The van der Waals surface area contributed by atoms with Gasteiger partial charge < -0.3 is 24.7 Å². The zero-order valence-electron chi connectivity index (χ0n) is 21.0. The second-order valence-corrected chi connectivity index (χ2v) is 9.74. The molecule has 12 heteroatoms. The van der Waals surface area contributed by atoms with E-state index in [0.717, 1.165) is 36.5 Å². The van der Waals surface area contributed by atoms with Crippen LogP contribution in [-0.2, 0) is 22.6 Å². The molecule has 2 heterocycles. The van der Waals surface area contributed by atoms with Gasteiger partial charge in [0.05, 0.1) is 48.7 Å². The van der Waals surface area contributed by atoms with Crippen LogP contribution >= 0.6 is 11.8 Å². The average Bonchev–Trinajstić information content (AvgIpc) is 3.52. The normalized spacial score (nSPS) is 14.9. The first-order valence-electron chi connectivity index (χ1n) is 11.9. The molecule has 37 heavy (non-hydrogen) atoms. The topological polar surface area (TPSA) is 133 Å². The van der Waals surface area contributed by atoms with Gasteiger partial charge in [-0.2, -0.15) is 0 Å². The third kappa shape index (κ3) is 6.77.